The highest BCUT2D eigenvalue weighted by Crippen LogP contribution is 2.21. The zero-order valence-corrected chi connectivity index (χ0v) is 14.2. The van der Waals surface area contributed by atoms with Crippen LogP contribution in [0.2, 0.25) is 0 Å². The topological polar surface area (TPSA) is 85.8 Å². The van der Waals surface area contributed by atoms with Crippen LogP contribution in [0, 0.1) is 6.92 Å². The molecule has 24 heavy (non-hydrogen) atoms. The van der Waals surface area contributed by atoms with E-state index in [0.29, 0.717) is 5.69 Å². The summed E-state index contributed by atoms with van der Waals surface area (Å²) in [5, 5.41) is 10.7. The summed E-state index contributed by atoms with van der Waals surface area (Å²) in [4.78, 5) is 13.5. The van der Waals surface area contributed by atoms with Crippen molar-refractivity contribution in [1.29, 1.82) is 0 Å². The van der Waals surface area contributed by atoms with Crippen LogP contribution in [-0.4, -0.2) is 27.2 Å². The highest BCUT2D eigenvalue weighted by atomic mass is 32.2. The van der Waals surface area contributed by atoms with E-state index in [1.165, 1.54) is 4.68 Å². The number of hydrogen-bond donors (Lipinski definition) is 2. The van der Waals surface area contributed by atoms with Gasteiger partial charge in [-0.2, -0.15) is 4.68 Å². The fourth-order valence-electron chi connectivity index (χ4n) is 2.22. The second-order valence-electron chi connectivity index (χ2n) is 5.26. The van der Waals surface area contributed by atoms with Gasteiger partial charge in [0.2, 0.25) is 0 Å². The highest BCUT2D eigenvalue weighted by Gasteiger charge is 2.18. The van der Waals surface area contributed by atoms with E-state index >= 15 is 0 Å². The van der Waals surface area contributed by atoms with Crippen LogP contribution in [0.5, 0.6) is 0 Å². The molecule has 0 aliphatic heterocycles. The number of carbonyl (C=O) groups is 1. The molecule has 0 saturated carbocycles. The van der Waals surface area contributed by atoms with E-state index in [4.69, 9.17) is 5.73 Å². The quantitative estimate of drug-likeness (QED) is 0.713. The number of amides is 1. The zero-order valence-electron chi connectivity index (χ0n) is 13.4. The van der Waals surface area contributed by atoms with Crippen LogP contribution in [-0.2, 0) is 0 Å². The van der Waals surface area contributed by atoms with Crippen LogP contribution in [0.1, 0.15) is 16.1 Å². The van der Waals surface area contributed by atoms with E-state index < -0.39 is 0 Å². The van der Waals surface area contributed by atoms with Crippen molar-refractivity contribution in [2.45, 2.75) is 11.8 Å². The molecule has 0 fully saturated rings. The molecule has 2 aromatic carbocycles. The summed E-state index contributed by atoms with van der Waals surface area (Å²) >= 11 is 1.60. The lowest BCUT2D eigenvalue weighted by Crippen LogP contribution is -2.15. The van der Waals surface area contributed by atoms with Crippen LogP contribution in [0.3, 0.4) is 0 Å². The lowest BCUT2D eigenvalue weighted by atomic mass is 10.2. The second-order valence-corrected chi connectivity index (χ2v) is 6.14. The minimum absolute atomic E-state index is 0.102. The number of carbonyl (C=O) groups excluding carboxylic acids is 1. The molecule has 1 heterocycles. The van der Waals surface area contributed by atoms with Gasteiger partial charge in [0.05, 0.1) is 5.69 Å². The molecule has 122 valence electrons. The van der Waals surface area contributed by atoms with Gasteiger partial charge in [-0.15, -0.1) is 16.9 Å². The van der Waals surface area contributed by atoms with Crippen molar-refractivity contribution in [3.8, 4) is 5.69 Å². The molecular formula is C17H17N5OS. The van der Waals surface area contributed by atoms with E-state index in [-0.39, 0.29) is 17.4 Å². The first-order valence-electron chi connectivity index (χ1n) is 7.32. The summed E-state index contributed by atoms with van der Waals surface area (Å²) in [5.41, 5.74) is 8.74. The van der Waals surface area contributed by atoms with Crippen molar-refractivity contribution >= 4 is 29.2 Å². The zero-order chi connectivity index (χ0) is 17.1. The summed E-state index contributed by atoms with van der Waals surface area (Å²) in [7, 11) is 0. The van der Waals surface area contributed by atoms with Crippen molar-refractivity contribution in [1.82, 2.24) is 15.0 Å². The molecular weight excluding hydrogens is 322 g/mol. The maximum atomic E-state index is 12.4. The Morgan fingerprint density at radius 1 is 1.21 bits per heavy atom. The Hall–Kier alpha value is -2.80. The molecule has 0 unspecified atom stereocenters. The standard InChI is InChI=1S/C17H17N5OS/c1-11-6-8-13(9-7-11)22-16(18)15(20-21-22)17(23)19-12-4-3-5-14(10-12)24-2/h3-10H,18H2,1-2H3,(H,19,23). The number of aryl methyl sites for hydroxylation is 1. The molecule has 0 spiro atoms. The fourth-order valence-corrected chi connectivity index (χ4v) is 2.68. The summed E-state index contributed by atoms with van der Waals surface area (Å²) in [6.45, 7) is 2.00. The summed E-state index contributed by atoms with van der Waals surface area (Å²) < 4.78 is 1.45. The molecule has 6 nitrogen and oxygen atoms in total. The third kappa shape index (κ3) is 3.26. The number of nitrogens with two attached hydrogens (primary N) is 1. The van der Waals surface area contributed by atoms with E-state index in [9.17, 15) is 4.79 Å². The van der Waals surface area contributed by atoms with Gasteiger partial charge in [0.15, 0.2) is 11.5 Å². The van der Waals surface area contributed by atoms with Crippen molar-refractivity contribution in [3.63, 3.8) is 0 Å². The summed E-state index contributed by atoms with van der Waals surface area (Å²) in [6, 6.07) is 15.2. The molecule has 0 aliphatic rings. The molecule has 3 N–H and O–H groups in total. The van der Waals surface area contributed by atoms with Crippen molar-refractivity contribution in [3.05, 3.63) is 59.8 Å². The first-order chi connectivity index (χ1) is 11.6. The molecule has 0 aliphatic carbocycles. The van der Waals surface area contributed by atoms with Gasteiger partial charge in [-0.3, -0.25) is 4.79 Å². The average Bonchev–Trinajstić information content (AvgIpc) is 2.97. The van der Waals surface area contributed by atoms with Crippen LogP contribution in [0.15, 0.2) is 53.4 Å². The third-order valence-corrected chi connectivity index (χ3v) is 4.25. The van der Waals surface area contributed by atoms with E-state index in [2.05, 4.69) is 15.6 Å². The predicted molar refractivity (Wildman–Crippen MR) is 96.7 cm³/mol. The minimum Gasteiger partial charge on any atom is -0.382 e. The molecule has 1 amide bonds. The minimum atomic E-state index is -0.385. The largest absolute Gasteiger partial charge is 0.382 e. The molecule has 0 radical (unpaired) electrons. The van der Waals surface area contributed by atoms with Gasteiger partial charge in [0.25, 0.3) is 5.91 Å². The van der Waals surface area contributed by atoms with Gasteiger partial charge in [-0.1, -0.05) is 29.0 Å². The van der Waals surface area contributed by atoms with Crippen LogP contribution in [0.4, 0.5) is 11.5 Å². The van der Waals surface area contributed by atoms with E-state index in [1.54, 1.807) is 11.8 Å². The number of hydrogen-bond acceptors (Lipinski definition) is 5. The predicted octanol–water partition coefficient (Wildman–Crippen LogP) is 3.13. The first kappa shape index (κ1) is 16.1. The number of benzene rings is 2. The number of nitrogens with one attached hydrogen (secondary N) is 1. The van der Waals surface area contributed by atoms with Crippen LogP contribution >= 0.6 is 11.8 Å². The van der Waals surface area contributed by atoms with Gasteiger partial charge >= 0.3 is 0 Å². The highest BCUT2D eigenvalue weighted by molar-refractivity contribution is 7.98. The first-order valence-corrected chi connectivity index (χ1v) is 8.54. The van der Waals surface area contributed by atoms with Gasteiger partial charge < -0.3 is 11.1 Å². The molecule has 0 saturated heterocycles. The Kier molecular flexibility index (Phi) is 4.52. The Morgan fingerprint density at radius 3 is 2.67 bits per heavy atom. The summed E-state index contributed by atoms with van der Waals surface area (Å²) in [6.07, 6.45) is 1.98. The molecule has 0 bridgehead atoms. The normalized spacial score (nSPS) is 10.6. The van der Waals surface area contributed by atoms with Crippen molar-refractivity contribution < 1.29 is 4.79 Å². The Labute approximate surface area is 144 Å². The number of nitrogens with zero attached hydrogens (tertiary/aromatic N) is 3. The van der Waals surface area contributed by atoms with Gasteiger partial charge in [-0.05, 0) is 43.5 Å². The molecule has 1 aromatic heterocycles. The van der Waals surface area contributed by atoms with E-state index in [0.717, 1.165) is 16.1 Å². The number of nitrogen functional groups attached to an aromatic ring is 1. The average molecular weight is 339 g/mol. The third-order valence-electron chi connectivity index (χ3n) is 3.53. The second kappa shape index (κ2) is 6.76. The Bertz CT molecular complexity index is 873. The van der Waals surface area contributed by atoms with Crippen LogP contribution in [0.25, 0.3) is 5.69 Å². The molecule has 3 aromatic rings. The van der Waals surface area contributed by atoms with E-state index in [1.807, 2.05) is 61.7 Å². The molecule has 0 atom stereocenters. The van der Waals surface area contributed by atoms with Gasteiger partial charge in [-0.25, -0.2) is 0 Å². The van der Waals surface area contributed by atoms with Gasteiger partial charge in [0.1, 0.15) is 0 Å². The summed E-state index contributed by atoms with van der Waals surface area (Å²) in [5.74, 6) is -0.179. The lowest BCUT2D eigenvalue weighted by molar-refractivity contribution is 0.102. The van der Waals surface area contributed by atoms with Crippen molar-refractivity contribution in [2.24, 2.45) is 0 Å². The van der Waals surface area contributed by atoms with Crippen molar-refractivity contribution in [2.75, 3.05) is 17.3 Å². The SMILES string of the molecule is CSc1cccc(NC(=O)c2nnn(-c3ccc(C)cc3)c2N)c1. The Morgan fingerprint density at radius 2 is 1.96 bits per heavy atom. The number of aromatic nitrogens is 3. The number of rotatable bonds is 4. The monoisotopic (exact) mass is 339 g/mol. The molecule has 3 rings (SSSR count). The van der Waals surface area contributed by atoms with Gasteiger partial charge in [0, 0.05) is 10.6 Å². The number of anilines is 2. The fraction of sp³-hybridized carbons (Fsp3) is 0.118. The Balaban J connectivity index is 1.84. The number of thioether (sulfide) groups is 1. The maximum absolute atomic E-state index is 12.4. The lowest BCUT2D eigenvalue weighted by Gasteiger charge is -2.06. The smallest absolute Gasteiger partial charge is 0.280 e. The van der Waals surface area contributed by atoms with Crippen LogP contribution < -0.4 is 11.1 Å². The molecule has 7 heteroatoms. The maximum Gasteiger partial charge on any atom is 0.280 e.